The Morgan fingerprint density at radius 3 is 2.70 bits per heavy atom. The molecular weight excluding hydrogens is 318 g/mol. The number of rotatable bonds is 2. The van der Waals surface area contributed by atoms with E-state index in [1.54, 1.807) is 6.20 Å². The highest BCUT2D eigenvalue weighted by Gasteiger charge is 2.20. The predicted octanol–water partition coefficient (Wildman–Crippen LogP) is 3.50. The van der Waals surface area contributed by atoms with Crippen LogP contribution in [-0.4, -0.2) is 30.2 Å². The Balaban J connectivity index is 1.86. The third-order valence-electron chi connectivity index (χ3n) is 4.07. The number of likely N-dealkylation sites (tertiary alicyclic amines) is 1. The van der Waals surface area contributed by atoms with Gasteiger partial charge in [-0.25, -0.2) is 0 Å². The van der Waals surface area contributed by atoms with Gasteiger partial charge in [-0.05, 0) is 56.1 Å². The van der Waals surface area contributed by atoms with Gasteiger partial charge in [-0.3, -0.25) is 0 Å². The maximum atomic E-state index is 5.77. The molecule has 1 aliphatic rings. The number of halogens is 1. The Hall–Kier alpha value is -1.33. The Bertz CT molecular complexity index is 603. The van der Waals surface area contributed by atoms with Gasteiger partial charge in [0.15, 0.2) is 0 Å². The maximum Gasteiger partial charge on any atom is 0.229 e. The topological polar surface area (TPSA) is 55.3 Å². The average molecular weight is 336 g/mol. The highest BCUT2D eigenvalue weighted by Crippen LogP contribution is 2.36. The second kappa shape index (κ2) is 5.58. The number of benzene rings is 1. The molecule has 3 rings (SSSR count). The molecule has 5 heteroatoms. The number of piperidine rings is 1. The first kappa shape index (κ1) is 13.6. The maximum absolute atomic E-state index is 5.77. The van der Waals surface area contributed by atoms with Gasteiger partial charge in [0.25, 0.3) is 0 Å². The monoisotopic (exact) mass is 335 g/mol. The summed E-state index contributed by atoms with van der Waals surface area (Å²) in [5.74, 6) is 0.999. The van der Waals surface area contributed by atoms with Crippen LogP contribution in [0.1, 0.15) is 24.3 Å². The first-order chi connectivity index (χ1) is 9.65. The number of anilines is 1. The van der Waals surface area contributed by atoms with Crippen molar-refractivity contribution in [3.8, 4) is 11.1 Å². The minimum Gasteiger partial charge on any atom is -0.367 e. The Labute approximate surface area is 127 Å². The second-order valence-electron chi connectivity index (χ2n) is 5.42. The average Bonchev–Trinajstić information content (AvgIpc) is 2.86. The smallest absolute Gasteiger partial charge is 0.229 e. The van der Waals surface area contributed by atoms with Crippen LogP contribution in [0.15, 0.2) is 33.4 Å². The van der Waals surface area contributed by atoms with Crippen LogP contribution in [0.5, 0.6) is 0 Å². The SMILES string of the molecule is CN1CCC(c2ccc(-c3cnoc3N)cc2Br)CC1. The zero-order valence-electron chi connectivity index (χ0n) is 11.5. The number of nitrogens with zero attached hydrogens (tertiary/aromatic N) is 2. The summed E-state index contributed by atoms with van der Waals surface area (Å²) in [6, 6.07) is 6.40. The van der Waals surface area contributed by atoms with Gasteiger partial charge in [-0.15, -0.1) is 0 Å². The van der Waals surface area contributed by atoms with Gasteiger partial charge in [0, 0.05) is 4.47 Å². The Kier molecular flexibility index (Phi) is 3.81. The molecule has 0 spiro atoms. The largest absolute Gasteiger partial charge is 0.367 e. The third kappa shape index (κ3) is 2.60. The van der Waals surface area contributed by atoms with Gasteiger partial charge in [0.2, 0.25) is 5.88 Å². The van der Waals surface area contributed by atoms with Gasteiger partial charge in [-0.1, -0.05) is 33.2 Å². The van der Waals surface area contributed by atoms with Crippen LogP contribution in [0, 0.1) is 0 Å². The fraction of sp³-hybridized carbons (Fsp3) is 0.400. The lowest BCUT2D eigenvalue weighted by atomic mass is 9.89. The van der Waals surface area contributed by atoms with Crippen molar-refractivity contribution in [3.05, 3.63) is 34.4 Å². The van der Waals surface area contributed by atoms with E-state index in [9.17, 15) is 0 Å². The van der Waals surface area contributed by atoms with Crippen LogP contribution in [0.25, 0.3) is 11.1 Å². The van der Waals surface area contributed by atoms with Crippen molar-refractivity contribution in [2.24, 2.45) is 0 Å². The molecule has 2 N–H and O–H groups in total. The van der Waals surface area contributed by atoms with Crippen molar-refractivity contribution in [3.63, 3.8) is 0 Å². The van der Waals surface area contributed by atoms with Crippen LogP contribution in [0.2, 0.25) is 0 Å². The number of hydrogen-bond donors (Lipinski definition) is 1. The molecule has 0 atom stereocenters. The van der Waals surface area contributed by atoms with Gasteiger partial charge in [0.05, 0.1) is 11.8 Å². The van der Waals surface area contributed by atoms with E-state index in [4.69, 9.17) is 10.3 Å². The van der Waals surface area contributed by atoms with Crippen molar-refractivity contribution < 1.29 is 4.52 Å². The summed E-state index contributed by atoms with van der Waals surface area (Å²) in [6.07, 6.45) is 4.08. The molecule has 1 aromatic heterocycles. The molecule has 0 radical (unpaired) electrons. The molecule has 20 heavy (non-hydrogen) atoms. The molecule has 0 amide bonds. The molecular formula is C15H18BrN3O. The van der Waals surface area contributed by atoms with Crippen molar-refractivity contribution >= 4 is 21.8 Å². The third-order valence-corrected chi connectivity index (χ3v) is 4.75. The van der Waals surface area contributed by atoms with E-state index in [0.717, 1.165) is 28.7 Å². The van der Waals surface area contributed by atoms with Gasteiger partial charge >= 0.3 is 0 Å². The molecule has 0 bridgehead atoms. The fourth-order valence-electron chi connectivity index (χ4n) is 2.81. The second-order valence-corrected chi connectivity index (χ2v) is 6.27. The summed E-state index contributed by atoms with van der Waals surface area (Å²) in [5, 5.41) is 3.73. The van der Waals surface area contributed by atoms with E-state index in [1.807, 2.05) is 0 Å². The molecule has 2 heterocycles. The molecule has 1 saturated heterocycles. The molecule has 1 aliphatic heterocycles. The van der Waals surface area contributed by atoms with Gasteiger partial charge < -0.3 is 15.2 Å². The summed E-state index contributed by atoms with van der Waals surface area (Å²) in [4.78, 5) is 2.39. The quantitative estimate of drug-likeness (QED) is 0.912. The zero-order chi connectivity index (χ0) is 14.1. The number of nitrogen functional groups attached to an aromatic ring is 1. The predicted molar refractivity (Wildman–Crippen MR) is 83.5 cm³/mol. The van der Waals surface area contributed by atoms with Crippen molar-refractivity contribution in [2.75, 3.05) is 25.9 Å². The minimum atomic E-state index is 0.365. The van der Waals surface area contributed by atoms with E-state index in [0.29, 0.717) is 11.8 Å². The molecule has 106 valence electrons. The summed E-state index contributed by atoms with van der Waals surface area (Å²) in [5.41, 5.74) is 9.04. The first-order valence-electron chi connectivity index (χ1n) is 6.83. The summed E-state index contributed by atoms with van der Waals surface area (Å²) in [7, 11) is 2.18. The highest BCUT2D eigenvalue weighted by molar-refractivity contribution is 9.10. The summed E-state index contributed by atoms with van der Waals surface area (Å²) >= 11 is 3.70. The molecule has 1 aromatic carbocycles. The van der Waals surface area contributed by atoms with E-state index < -0.39 is 0 Å². The number of hydrogen-bond acceptors (Lipinski definition) is 4. The normalized spacial score (nSPS) is 17.5. The van der Waals surface area contributed by atoms with E-state index in [2.05, 4.69) is 51.2 Å². The molecule has 0 saturated carbocycles. The van der Waals surface area contributed by atoms with E-state index in [1.165, 1.54) is 18.4 Å². The fourth-order valence-corrected chi connectivity index (χ4v) is 3.51. The van der Waals surface area contributed by atoms with Gasteiger partial charge in [0.1, 0.15) is 0 Å². The zero-order valence-corrected chi connectivity index (χ0v) is 13.1. The van der Waals surface area contributed by atoms with Crippen LogP contribution in [-0.2, 0) is 0 Å². The van der Waals surface area contributed by atoms with Crippen LogP contribution < -0.4 is 5.73 Å². The van der Waals surface area contributed by atoms with Crippen molar-refractivity contribution in [1.29, 1.82) is 0 Å². The molecule has 2 aromatic rings. The lowest BCUT2D eigenvalue weighted by Gasteiger charge is -2.29. The van der Waals surface area contributed by atoms with E-state index in [-0.39, 0.29) is 0 Å². The number of aromatic nitrogens is 1. The Morgan fingerprint density at radius 2 is 2.10 bits per heavy atom. The standard InChI is InChI=1S/C15H18BrN3O/c1-19-6-4-10(5-7-19)12-3-2-11(8-14(12)16)13-9-18-20-15(13)17/h2-3,8-10H,4-7,17H2,1H3. The Morgan fingerprint density at radius 1 is 1.35 bits per heavy atom. The molecule has 0 aliphatic carbocycles. The lowest BCUT2D eigenvalue weighted by molar-refractivity contribution is 0.255. The molecule has 1 fully saturated rings. The van der Waals surface area contributed by atoms with Gasteiger partial charge in [-0.2, -0.15) is 0 Å². The first-order valence-corrected chi connectivity index (χ1v) is 7.63. The molecule has 0 unspecified atom stereocenters. The van der Waals surface area contributed by atoms with E-state index >= 15 is 0 Å². The van der Waals surface area contributed by atoms with Crippen molar-refractivity contribution in [1.82, 2.24) is 10.1 Å². The molecule has 4 nitrogen and oxygen atoms in total. The number of nitrogens with two attached hydrogens (primary N) is 1. The van der Waals surface area contributed by atoms with Crippen LogP contribution in [0.4, 0.5) is 5.88 Å². The van der Waals surface area contributed by atoms with Crippen LogP contribution >= 0.6 is 15.9 Å². The minimum absolute atomic E-state index is 0.365. The highest BCUT2D eigenvalue weighted by atomic mass is 79.9. The van der Waals surface area contributed by atoms with Crippen LogP contribution in [0.3, 0.4) is 0 Å². The van der Waals surface area contributed by atoms with Crippen molar-refractivity contribution in [2.45, 2.75) is 18.8 Å². The summed E-state index contributed by atoms with van der Waals surface area (Å²) in [6.45, 7) is 2.33. The summed E-state index contributed by atoms with van der Waals surface area (Å²) < 4.78 is 6.07. The lowest BCUT2D eigenvalue weighted by Crippen LogP contribution is -2.29.